The molecule has 2 aromatic carbocycles. The van der Waals surface area contributed by atoms with Crippen LogP contribution in [-0.2, 0) is 6.42 Å². The summed E-state index contributed by atoms with van der Waals surface area (Å²) < 4.78 is 12.8. The zero-order valence-electron chi connectivity index (χ0n) is 21.1. The van der Waals surface area contributed by atoms with E-state index in [4.69, 9.17) is 9.47 Å². The summed E-state index contributed by atoms with van der Waals surface area (Å²) in [6.07, 6.45) is 8.49. The van der Waals surface area contributed by atoms with E-state index in [0.717, 1.165) is 31.1 Å². The quantitative estimate of drug-likeness (QED) is 0.521. The van der Waals surface area contributed by atoms with Gasteiger partial charge in [0.05, 0.1) is 0 Å². The molecule has 0 amide bonds. The predicted molar refractivity (Wildman–Crippen MR) is 137 cm³/mol. The topological polar surface area (TPSA) is 24.9 Å². The molecule has 33 heavy (non-hydrogen) atoms. The molecular weight excluding hydrogens is 408 g/mol. The van der Waals surface area contributed by atoms with E-state index in [2.05, 4.69) is 74.1 Å². The van der Waals surface area contributed by atoms with Crippen LogP contribution in [0.1, 0.15) is 60.8 Å². The number of benzene rings is 2. The highest BCUT2D eigenvalue weighted by Crippen LogP contribution is 2.30. The Kier molecular flexibility index (Phi) is 8.32. The van der Waals surface area contributed by atoms with Gasteiger partial charge in [-0.05, 0) is 90.0 Å². The van der Waals surface area contributed by atoms with Crippen molar-refractivity contribution in [1.29, 1.82) is 0 Å². The third kappa shape index (κ3) is 6.51. The van der Waals surface area contributed by atoms with Crippen LogP contribution in [0.5, 0.6) is 11.5 Å². The lowest BCUT2D eigenvalue weighted by atomic mass is 9.99. The lowest BCUT2D eigenvalue weighted by molar-refractivity contribution is 0.124. The number of rotatable bonds is 8. The minimum Gasteiger partial charge on any atom is -0.492 e. The fourth-order valence-electron chi connectivity index (χ4n) is 5.26. The summed E-state index contributed by atoms with van der Waals surface area (Å²) in [7, 11) is 4.45. The lowest BCUT2D eigenvalue weighted by Gasteiger charge is -2.32. The number of piperidine rings is 2. The molecule has 0 aliphatic carbocycles. The third-order valence-corrected chi connectivity index (χ3v) is 7.52. The smallest absolute Gasteiger partial charge is 0.122 e. The Bertz CT molecular complexity index is 839. The van der Waals surface area contributed by atoms with Crippen LogP contribution in [0.25, 0.3) is 0 Å². The van der Waals surface area contributed by atoms with E-state index in [0.29, 0.717) is 12.1 Å². The number of ether oxygens (including phenoxy) is 2. The number of nitrogens with zero attached hydrogens (tertiary/aromatic N) is 2. The second-order valence-corrected chi connectivity index (χ2v) is 10.3. The van der Waals surface area contributed by atoms with E-state index in [1.165, 1.54) is 73.9 Å². The first-order valence-corrected chi connectivity index (χ1v) is 12.8. The van der Waals surface area contributed by atoms with Gasteiger partial charge in [0.1, 0.15) is 24.7 Å². The minimum atomic E-state index is 0.512. The first-order valence-electron chi connectivity index (χ1n) is 12.8. The zero-order chi connectivity index (χ0) is 23.2. The predicted octanol–water partition coefficient (Wildman–Crippen LogP) is 5.62. The number of likely N-dealkylation sites (tertiary alicyclic amines) is 2. The van der Waals surface area contributed by atoms with Gasteiger partial charge in [-0.3, -0.25) is 0 Å². The molecule has 4 nitrogen and oxygen atoms in total. The van der Waals surface area contributed by atoms with Crippen molar-refractivity contribution < 1.29 is 9.47 Å². The summed E-state index contributed by atoms with van der Waals surface area (Å²) in [6, 6.07) is 14.2. The van der Waals surface area contributed by atoms with Gasteiger partial charge in [-0.25, -0.2) is 0 Å². The molecule has 2 saturated heterocycles. The van der Waals surface area contributed by atoms with E-state index in [1.54, 1.807) is 0 Å². The average Bonchev–Trinajstić information content (AvgIpc) is 2.80. The Labute approximate surface area is 200 Å². The van der Waals surface area contributed by atoms with E-state index in [1.807, 2.05) is 0 Å². The van der Waals surface area contributed by atoms with Gasteiger partial charge in [0.15, 0.2) is 0 Å². The highest BCUT2D eigenvalue weighted by molar-refractivity contribution is 5.45. The largest absolute Gasteiger partial charge is 0.492 e. The van der Waals surface area contributed by atoms with E-state index < -0.39 is 0 Å². The van der Waals surface area contributed by atoms with Crippen LogP contribution >= 0.6 is 0 Å². The highest BCUT2D eigenvalue weighted by Gasteiger charge is 2.21. The summed E-state index contributed by atoms with van der Waals surface area (Å²) in [6.45, 7) is 8.20. The fourth-order valence-corrected chi connectivity index (χ4v) is 5.26. The molecule has 0 bridgehead atoms. The van der Waals surface area contributed by atoms with Crippen molar-refractivity contribution in [1.82, 2.24) is 9.80 Å². The van der Waals surface area contributed by atoms with Crippen molar-refractivity contribution in [3.8, 4) is 11.5 Å². The summed E-state index contributed by atoms with van der Waals surface area (Å²) in [5, 5.41) is 0. The van der Waals surface area contributed by atoms with Gasteiger partial charge in [-0.15, -0.1) is 0 Å². The van der Waals surface area contributed by atoms with Crippen LogP contribution in [0.2, 0.25) is 0 Å². The second-order valence-electron chi connectivity index (χ2n) is 10.3. The van der Waals surface area contributed by atoms with Crippen LogP contribution < -0.4 is 9.47 Å². The number of hydrogen-bond acceptors (Lipinski definition) is 4. The van der Waals surface area contributed by atoms with Crippen molar-refractivity contribution in [2.24, 2.45) is 0 Å². The van der Waals surface area contributed by atoms with Crippen molar-refractivity contribution >= 4 is 0 Å². The normalized spacial score (nSPS) is 22.3. The van der Waals surface area contributed by atoms with E-state index in [-0.39, 0.29) is 0 Å². The molecule has 0 aromatic heterocycles. The minimum absolute atomic E-state index is 0.512. The molecule has 180 valence electrons. The molecule has 2 aliphatic heterocycles. The van der Waals surface area contributed by atoms with Crippen molar-refractivity contribution in [3.63, 3.8) is 0 Å². The van der Waals surface area contributed by atoms with Gasteiger partial charge in [-0.1, -0.05) is 48.2 Å². The van der Waals surface area contributed by atoms with Gasteiger partial charge < -0.3 is 19.3 Å². The van der Waals surface area contributed by atoms with Gasteiger partial charge in [0.2, 0.25) is 0 Å². The third-order valence-electron chi connectivity index (χ3n) is 7.52. The molecule has 0 N–H and O–H groups in total. The van der Waals surface area contributed by atoms with Crippen molar-refractivity contribution in [2.75, 3.05) is 40.4 Å². The first-order chi connectivity index (χ1) is 16.0. The molecule has 2 fully saturated rings. The maximum atomic E-state index is 6.42. The summed E-state index contributed by atoms with van der Waals surface area (Å²) in [5.41, 5.74) is 5.04. The van der Waals surface area contributed by atoms with Gasteiger partial charge in [-0.2, -0.15) is 0 Å². The molecular formula is C29H42N2O2. The average molecular weight is 451 g/mol. The molecule has 2 atom stereocenters. The van der Waals surface area contributed by atoms with Crippen molar-refractivity contribution in [3.05, 3.63) is 58.7 Å². The maximum absolute atomic E-state index is 6.42. The van der Waals surface area contributed by atoms with Crippen molar-refractivity contribution in [2.45, 2.75) is 70.9 Å². The van der Waals surface area contributed by atoms with Crippen LogP contribution in [0.15, 0.2) is 36.4 Å². The van der Waals surface area contributed by atoms with Crippen LogP contribution in [0.4, 0.5) is 0 Å². The maximum Gasteiger partial charge on any atom is 0.122 e. The van der Waals surface area contributed by atoms with Gasteiger partial charge in [0.25, 0.3) is 0 Å². The second kappa shape index (κ2) is 11.4. The summed E-state index contributed by atoms with van der Waals surface area (Å²) in [5.74, 6) is 2.03. The van der Waals surface area contributed by atoms with Crippen LogP contribution in [0, 0.1) is 13.8 Å². The Balaban J connectivity index is 1.48. The van der Waals surface area contributed by atoms with Gasteiger partial charge in [0, 0.05) is 18.5 Å². The van der Waals surface area contributed by atoms with E-state index in [9.17, 15) is 0 Å². The van der Waals surface area contributed by atoms with Crippen LogP contribution in [-0.4, -0.2) is 62.3 Å². The number of aryl methyl sites for hydroxylation is 2. The molecule has 2 aromatic rings. The molecule has 2 aliphatic rings. The number of likely N-dealkylation sites (N-methyl/N-ethyl adjacent to an activating group) is 2. The van der Waals surface area contributed by atoms with E-state index >= 15 is 0 Å². The Morgan fingerprint density at radius 2 is 1.15 bits per heavy atom. The van der Waals surface area contributed by atoms with Crippen LogP contribution in [0.3, 0.4) is 0 Å². The summed E-state index contributed by atoms with van der Waals surface area (Å²) in [4.78, 5) is 4.90. The molecule has 0 spiro atoms. The molecule has 4 heteroatoms. The highest BCUT2D eigenvalue weighted by atomic mass is 16.5. The molecule has 4 rings (SSSR count). The SMILES string of the molecule is Cc1ccc(OCC2CCCCN2C)c(Cc2cc(C)ccc2OCC2CCCCN2C)c1. The zero-order valence-corrected chi connectivity index (χ0v) is 21.1. The monoisotopic (exact) mass is 450 g/mol. The Hall–Kier alpha value is -2.04. The summed E-state index contributed by atoms with van der Waals surface area (Å²) >= 11 is 0. The first kappa shape index (κ1) is 24.1. The fraction of sp³-hybridized carbons (Fsp3) is 0.586. The Morgan fingerprint density at radius 1 is 0.697 bits per heavy atom. The molecule has 2 unspecified atom stereocenters. The molecule has 0 radical (unpaired) electrons. The molecule has 2 heterocycles. The lowest BCUT2D eigenvalue weighted by Crippen LogP contribution is -2.40. The Morgan fingerprint density at radius 3 is 1.58 bits per heavy atom. The van der Waals surface area contributed by atoms with Gasteiger partial charge >= 0.3 is 0 Å². The molecule has 0 saturated carbocycles. The number of hydrogen-bond donors (Lipinski definition) is 0. The standard InChI is InChI=1S/C29H42N2O2/c1-22-11-13-28(32-20-26-9-5-7-15-30(26)3)24(17-22)19-25-18-23(2)12-14-29(25)33-21-27-10-6-8-16-31(27)4/h11-14,17-18,26-27H,5-10,15-16,19-21H2,1-4H3.